The van der Waals surface area contributed by atoms with Crippen LogP contribution in [0, 0.1) is 6.92 Å². The highest BCUT2D eigenvalue weighted by atomic mass is 16.3. The minimum Gasteiger partial charge on any atom is -0.506 e. The number of nitrogens with zero attached hydrogens (tertiary/aromatic N) is 2. The Bertz CT molecular complexity index is 583. The van der Waals surface area contributed by atoms with Crippen molar-refractivity contribution in [2.75, 3.05) is 0 Å². The summed E-state index contributed by atoms with van der Waals surface area (Å²) in [4.78, 5) is 11.2. The second kappa shape index (κ2) is 4.01. The molecule has 0 aliphatic carbocycles. The van der Waals surface area contributed by atoms with Crippen molar-refractivity contribution in [3.63, 3.8) is 0 Å². The number of H-pyrrole nitrogens is 2. The number of benzene rings is 1. The second-order valence-corrected chi connectivity index (χ2v) is 3.24. The summed E-state index contributed by atoms with van der Waals surface area (Å²) in [5.74, 6) is 0.0240. The second-order valence-electron chi connectivity index (χ2n) is 3.24. The number of phenolic OH excluding ortho intramolecular Hbond substituents is 1. The topological polar surface area (TPSA) is 93.6 Å². The summed E-state index contributed by atoms with van der Waals surface area (Å²) in [6.07, 6.45) is 0. The summed E-state index contributed by atoms with van der Waals surface area (Å²) in [7, 11) is 0. The fraction of sp³-hybridized carbons (Fsp3) is 0.100. The van der Waals surface area contributed by atoms with E-state index in [2.05, 4.69) is 20.4 Å². The van der Waals surface area contributed by atoms with Gasteiger partial charge in [0.2, 0.25) is 0 Å². The smallest absolute Gasteiger partial charge is 0.291 e. The Morgan fingerprint density at radius 1 is 1.19 bits per heavy atom. The van der Waals surface area contributed by atoms with E-state index in [0.717, 1.165) is 0 Å². The predicted molar refractivity (Wildman–Crippen MR) is 58.4 cm³/mol. The normalized spacial score (nSPS) is 11.1. The summed E-state index contributed by atoms with van der Waals surface area (Å²) in [5.41, 5.74) is 0.798. The van der Waals surface area contributed by atoms with Crippen LogP contribution in [0.4, 0.5) is 11.4 Å². The third-order valence-corrected chi connectivity index (χ3v) is 2.07. The molecule has 82 valence electrons. The highest BCUT2D eigenvalue weighted by Gasteiger charge is 2.04. The molecule has 0 unspecified atom stereocenters. The summed E-state index contributed by atoms with van der Waals surface area (Å²) in [6.45, 7) is 1.71. The van der Waals surface area contributed by atoms with Crippen LogP contribution in [0.5, 0.6) is 5.75 Å². The van der Waals surface area contributed by atoms with Gasteiger partial charge in [0.1, 0.15) is 11.4 Å². The fourth-order valence-electron chi connectivity index (χ4n) is 1.21. The third kappa shape index (κ3) is 1.85. The van der Waals surface area contributed by atoms with Gasteiger partial charge in [-0.05, 0) is 19.1 Å². The van der Waals surface area contributed by atoms with Crippen molar-refractivity contribution in [1.29, 1.82) is 0 Å². The molecule has 1 aromatic heterocycles. The minimum atomic E-state index is -0.336. The minimum absolute atomic E-state index is 0.0240. The molecule has 0 aliphatic heterocycles. The van der Waals surface area contributed by atoms with E-state index in [1.165, 1.54) is 6.07 Å². The Morgan fingerprint density at radius 2 is 1.94 bits per heavy atom. The first-order chi connectivity index (χ1) is 7.68. The van der Waals surface area contributed by atoms with Crippen molar-refractivity contribution in [1.82, 2.24) is 10.2 Å². The first-order valence-corrected chi connectivity index (χ1v) is 4.65. The van der Waals surface area contributed by atoms with E-state index in [-0.39, 0.29) is 17.0 Å². The zero-order chi connectivity index (χ0) is 11.5. The Hall–Kier alpha value is -2.37. The monoisotopic (exact) mass is 218 g/mol. The van der Waals surface area contributed by atoms with Gasteiger partial charge in [-0.2, -0.15) is 0 Å². The van der Waals surface area contributed by atoms with Gasteiger partial charge in [-0.15, -0.1) is 10.2 Å². The van der Waals surface area contributed by atoms with E-state index in [1.54, 1.807) is 25.1 Å². The van der Waals surface area contributed by atoms with Gasteiger partial charge in [0.15, 0.2) is 5.69 Å². The van der Waals surface area contributed by atoms with E-state index in [4.69, 9.17) is 0 Å². The average molecular weight is 218 g/mol. The largest absolute Gasteiger partial charge is 0.506 e. The predicted octanol–water partition coefficient (Wildman–Crippen LogP) is 2.13. The molecular formula is C10H10N4O2. The number of aryl methyl sites for hydroxylation is 1. The van der Waals surface area contributed by atoms with Gasteiger partial charge in [0, 0.05) is 0 Å². The van der Waals surface area contributed by atoms with Gasteiger partial charge >= 0.3 is 0 Å². The van der Waals surface area contributed by atoms with Gasteiger partial charge in [-0.25, -0.2) is 0 Å². The van der Waals surface area contributed by atoms with Crippen molar-refractivity contribution in [3.8, 4) is 5.75 Å². The van der Waals surface area contributed by atoms with E-state index >= 15 is 0 Å². The number of aromatic amines is 2. The SMILES string of the molecule is Cc1[nH][nH]c(=O)c1N=Nc1ccccc1O. The first kappa shape index (κ1) is 10.2. The number of hydrogen-bond donors (Lipinski definition) is 3. The van der Waals surface area contributed by atoms with Crippen molar-refractivity contribution < 1.29 is 5.11 Å². The van der Waals surface area contributed by atoms with Gasteiger partial charge in [0.05, 0.1) is 5.69 Å². The summed E-state index contributed by atoms with van der Waals surface area (Å²) in [5, 5.41) is 22.0. The van der Waals surface area contributed by atoms with Crippen molar-refractivity contribution in [3.05, 3.63) is 40.3 Å². The number of aromatic nitrogens is 2. The number of rotatable bonds is 2. The molecule has 0 saturated carbocycles. The zero-order valence-electron chi connectivity index (χ0n) is 8.56. The molecule has 0 fully saturated rings. The van der Waals surface area contributed by atoms with Crippen LogP contribution in [-0.4, -0.2) is 15.3 Å². The lowest BCUT2D eigenvalue weighted by Gasteiger charge is -1.94. The van der Waals surface area contributed by atoms with Gasteiger partial charge in [-0.3, -0.25) is 9.89 Å². The molecule has 1 heterocycles. The average Bonchev–Trinajstić information content (AvgIpc) is 2.58. The number of aromatic hydroxyl groups is 1. The Kier molecular flexibility index (Phi) is 2.55. The van der Waals surface area contributed by atoms with Crippen LogP contribution >= 0.6 is 0 Å². The van der Waals surface area contributed by atoms with Gasteiger partial charge in [0.25, 0.3) is 5.56 Å². The number of nitrogens with one attached hydrogen (secondary N) is 2. The molecule has 0 amide bonds. The molecule has 1 aromatic carbocycles. The summed E-state index contributed by atoms with van der Waals surface area (Å²) in [6, 6.07) is 6.52. The molecule has 2 rings (SSSR count). The molecule has 0 radical (unpaired) electrons. The van der Waals surface area contributed by atoms with Crippen molar-refractivity contribution in [2.45, 2.75) is 6.92 Å². The molecule has 0 atom stereocenters. The lowest BCUT2D eigenvalue weighted by molar-refractivity contribution is 0.476. The van der Waals surface area contributed by atoms with Gasteiger partial charge < -0.3 is 10.2 Å². The number of para-hydroxylation sites is 1. The van der Waals surface area contributed by atoms with E-state index in [0.29, 0.717) is 11.4 Å². The Labute approximate surface area is 90.7 Å². The standard InChI is InChI=1S/C10H10N4O2/c1-6-9(10(16)14-11-6)13-12-7-4-2-3-5-8(7)15/h2-5,15H,1H3,(H2,11,14,16). The van der Waals surface area contributed by atoms with Crippen LogP contribution in [0.1, 0.15) is 5.69 Å². The van der Waals surface area contributed by atoms with Crippen molar-refractivity contribution in [2.24, 2.45) is 10.2 Å². The summed E-state index contributed by atoms with van der Waals surface area (Å²) < 4.78 is 0. The van der Waals surface area contributed by atoms with Crippen LogP contribution in [0.15, 0.2) is 39.3 Å². The lowest BCUT2D eigenvalue weighted by Crippen LogP contribution is -1.96. The molecule has 6 heteroatoms. The quantitative estimate of drug-likeness (QED) is 0.673. The summed E-state index contributed by atoms with van der Waals surface area (Å²) >= 11 is 0. The maximum absolute atomic E-state index is 11.2. The molecular weight excluding hydrogens is 208 g/mol. The fourth-order valence-corrected chi connectivity index (χ4v) is 1.21. The molecule has 0 aliphatic rings. The Morgan fingerprint density at radius 3 is 2.56 bits per heavy atom. The molecule has 0 bridgehead atoms. The third-order valence-electron chi connectivity index (χ3n) is 2.07. The van der Waals surface area contributed by atoms with E-state index < -0.39 is 0 Å². The number of hydrogen-bond acceptors (Lipinski definition) is 4. The maximum atomic E-state index is 11.2. The van der Waals surface area contributed by atoms with Gasteiger partial charge in [-0.1, -0.05) is 12.1 Å². The van der Waals surface area contributed by atoms with E-state index in [1.807, 2.05) is 0 Å². The lowest BCUT2D eigenvalue weighted by atomic mass is 10.3. The van der Waals surface area contributed by atoms with Crippen LogP contribution < -0.4 is 5.56 Å². The van der Waals surface area contributed by atoms with Crippen LogP contribution in [-0.2, 0) is 0 Å². The number of phenols is 1. The highest BCUT2D eigenvalue weighted by molar-refractivity contribution is 5.50. The van der Waals surface area contributed by atoms with Crippen LogP contribution in [0.3, 0.4) is 0 Å². The first-order valence-electron chi connectivity index (χ1n) is 4.65. The molecule has 0 saturated heterocycles. The van der Waals surface area contributed by atoms with E-state index in [9.17, 15) is 9.90 Å². The maximum Gasteiger partial charge on any atom is 0.291 e. The zero-order valence-corrected chi connectivity index (χ0v) is 8.56. The molecule has 2 aromatic rings. The Balaban J connectivity index is 2.36. The van der Waals surface area contributed by atoms with Crippen molar-refractivity contribution >= 4 is 11.4 Å². The number of azo groups is 1. The molecule has 3 N–H and O–H groups in total. The highest BCUT2D eigenvalue weighted by Crippen LogP contribution is 2.26. The molecule has 0 spiro atoms. The molecule has 6 nitrogen and oxygen atoms in total. The van der Waals surface area contributed by atoms with Crippen LogP contribution in [0.2, 0.25) is 0 Å². The van der Waals surface area contributed by atoms with Crippen LogP contribution in [0.25, 0.3) is 0 Å². The molecule has 16 heavy (non-hydrogen) atoms.